The number of amides is 1. The number of anilines is 1. The second-order valence-corrected chi connectivity index (χ2v) is 4.38. The summed E-state index contributed by atoms with van der Waals surface area (Å²) in [5.74, 6) is 0.495. The molecule has 4 heteroatoms. The monoisotopic (exact) mass is 255 g/mol. The maximum atomic E-state index is 12.3. The normalized spacial score (nSPS) is 14.7. The number of carbonyl (C=O) groups excluding carboxylic acids is 1. The maximum Gasteiger partial charge on any atom is 0.254 e. The van der Waals surface area contributed by atoms with Gasteiger partial charge in [-0.2, -0.15) is 0 Å². The molecule has 1 aromatic heterocycles. The zero-order chi connectivity index (χ0) is 13.8. The molecule has 1 amide bonds. The number of nitrogens with zero attached hydrogens (tertiary/aromatic N) is 2. The lowest BCUT2D eigenvalue weighted by atomic mass is 10.0. The van der Waals surface area contributed by atoms with Crippen LogP contribution in [-0.4, -0.2) is 22.3 Å². The lowest BCUT2D eigenvalue weighted by Gasteiger charge is -2.28. The topological polar surface area (TPSA) is 59.2 Å². The Balaban J connectivity index is 2.20. The first-order valence-electron chi connectivity index (χ1n) is 6.14. The fraction of sp³-hybridized carbons (Fsp3) is 0.200. The maximum absolute atomic E-state index is 12.3. The van der Waals surface area contributed by atoms with Crippen LogP contribution >= 0.6 is 0 Å². The summed E-state index contributed by atoms with van der Waals surface area (Å²) in [7, 11) is 0. The highest BCUT2D eigenvalue weighted by Crippen LogP contribution is 2.20. The summed E-state index contributed by atoms with van der Waals surface area (Å²) in [5, 5.41) is 0. The molecule has 19 heavy (non-hydrogen) atoms. The van der Waals surface area contributed by atoms with E-state index >= 15 is 0 Å². The Hall–Kier alpha value is -2.36. The molecule has 0 aliphatic carbocycles. The summed E-state index contributed by atoms with van der Waals surface area (Å²) in [5.41, 5.74) is 8.25. The molecule has 1 aliphatic heterocycles. The Bertz CT molecular complexity index is 561. The van der Waals surface area contributed by atoms with E-state index in [4.69, 9.17) is 5.73 Å². The number of aromatic nitrogens is 1. The molecule has 0 fully saturated rings. The van der Waals surface area contributed by atoms with E-state index in [9.17, 15) is 4.79 Å². The van der Waals surface area contributed by atoms with E-state index in [1.54, 1.807) is 29.2 Å². The van der Waals surface area contributed by atoms with Crippen molar-refractivity contribution in [2.75, 3.05) is 12.3 Å². The molecule has 2 rings (SSSR count). The van der Waals surface area contributed by atoms with Crippen LogP contribution in [0.4, 0.5) is 5.82 Å². The molecule has 0 spiro atoms. The first kappa shape index (κ1) is 13.1. The summed E-state index contributed by atoms with van der Waals surface area (Å²) < 4.78 is 0. The lowest BCUT2D eigenvalue weighted by molar-refractivity contribution is -0.127. The number of nitrogens with two attached hydrogens (primary N) is 1. The highest BCUT2D eigenvalue weighted by molar-refractivity contribution is 5.96. The minimum atomic E-state index is -0.0302. The van der Waals surface area contributed by atoms with Crippen molar-refractivity contribution in [2.45, 2.75) is 13.0 Å². The van der Waals surface area contributed by atoms with Gasteiger partial charge in [-0.05, 0) is 11.6 Å². The second kappa shape index (κ2) is 5.52. The summed E-state index contributed by atoms with van der Waals surface area (Å²) >= 11 is 0. The van der Waals surface area contributed by atoms with Gasteiger partial charge < -0.3 is 10.6 Å². The van der Waals surface area contributed by atoms with Crippen LogP contribution in [0.25, 0.3) is 0 Å². The molecule has 0 unspecified atom stereocenters. The van der Waals surface area contributed by atoms with Crippen LogP contribution < -0.4 is 5.73 Å². The molecule has 0 saturated heterocycles. The summed E-state index contributed by atoms with van der Waals surface area (Å²) in [4.78, 5) is 18.4. The van der Waals surface area contributed by atoms with Gasteiger partial charge in [-0.25, -0.2) is 4.98 Å². The van der Waals surface area contributed by atoms with Gasteiger partial charge in [0.1, 0.15) is 5.82 Å². The fourth-order valence-electron chi connectivity index (χ4n) is 2.14. The van der Waals surface area contributed by atoms with Crippen LogP contribution in [0.15, 0.2) is 49.1 Å². The molecule has 2 N–H and O–H groups in total. The molecular formula is C15H17N3O. The third-order valence-electron chi connectivity index (χ3n) is 3.12. The molecule has 0 radical (unpaired) electrons. The van der Waals surface area contributed by atoms with E-state index in [-0.39, 0.29) is 5.91 Å². The van der Waals surface area contributed by atoms with E-state index in [1.165, 1.54) is 0 Å². The van der Waals surface area contributed by atoms with Crippen molar-refractivity contribution in [3.8, 4) is 0 Å². The van der Waals surface area contributed by atoms with E-state index < -0.39 is 0 Å². The molecule has 2 heterocycles. The van der Waals surface area contributed by atoms with Gasteiger partial charge in [-0.15, -0.1) is 0 Å². The van der Waals surface area contributed by atoms with Gasteiger partial charge in [-0.3, -0.25) is 4.79 Å². The first-order chi connectivity index (χ1) is 9.15. The Morgan fingerprint density at radius 1 is 1.42 bits per heavy atom. The molecule has 0 atom stereocenters. The van der Waals surface area contributed by atoms with Gasteiger partial charge in [0.15, 0.2) is 0 Å². The Labute approximate surface area is 112 Å². The number of hydrogen-bond acceptors (Lipinski definition) is 3. The fourth-order valence-corrected chi connectivity index (χ4v) is 2.14. The van der Waals surface area contributed by atoms with Gasteiger partial charge in [0.05, 0.1) is 0 Å². The Kier molecular flexibility index (Phi) is 3.80. The molecule has 0 aromatic carbocycles. The van der Waals surface area contributed by atoms with Crippen LogP contribution in [0.5, 0.6) is 0 Å². The third kappa shape index (κ3) is 2.73. The molecule has 98 valence electrons. The van der Waals surface area contributed by atoms with Crippen molar-refractivity contribution in [2.24, 2.45) is 0 Å². The van der Waals surface area contributed by atoms with E-state index in [0.29, 0.717) is 24.5 Å². The first-order valence-corrected chi connectivity index (χ1v) is 6.14. The number of nitrogen functional groups attached to an aromatic ring is 1. The average Bonchev–Trinajstić information content (AvgIpc) is 2.43. The predicted molar refractivity (Wildman–Crippen MR) is 76.2 cm³/mol. The molecule has 1 aliphatic rings. The quantitative estimate of drug-likeness (QED) is 0.662. The zero-order valence-corrected chi connectivity index (χ0v) is 10.8. The van der Waals surface area contributed by atoms with Crippen molar-refractivity contribution in [3.63, 3.8) is 0 Å². The van der Waals surface area contributed by atoms with Crippen molar-refractivity contribution in [1.82, 2.24) is 9.88 Å². The second-order valence-electron chi connectivity index (χ2n) is 4.38. The number of fused-ring (bicyclic) bond motifs is 1. The van der Waals surface area contributed by atoms with Crippen molar-refractivity contribution in [3.05, 3.63) is 60.3 Å². The largest absolute Gasteiger partial charge is 0.384 e. The van der Waals surface area contributed by atoms with Gasteiger partial charge in [-0.1, -0.05) is 37.5 Å². The van der Waals surface area contributed by atoms with Crippen LogP contribution in [0, 0.1) is 0 Å². The minimum Gasteiger partial charge on any atom is -0.384 e. The highest BCUT2D eigenvalue weighted by atomic mass is 16.2. The molecule has 0 bridgehead atoms. The number of hydrogen-bond donors (Lipinski definition) is 1. The van der Waals surface area contributed by atoms with E-state index in [0.717, 1.165) is 17.7 Å². The van der Waals surface area contributed by atoms with Gasteiger partial charge in [0, 0.05) is 30.8 Å². The van der Waals surface area contributed by atoms with E-state index in [2.05, 4.69) is 18.1 Å². The molecule has 4 nitrogen and oxygen atoms in total. The molecule has 0 saturated carbocycles. The number of rotatable bonds is 3. The van der Waals surface area contributed by atoms with Crippen LogP contribution in [-0.2, 0) is 17.8 Å². The van der Waals surface area contributed by atoms with Gasteiger partial charge >= 0.3 is 0 Å². The lowest BCUT2D eigenvalue weighted by Crippen LogP contribution is -2.37. The molecular weight excluding hydrogens is 238 g/mol. The highest BCUT2D eigenvalue weighted by Gasteiger charge is 2.22. The third-order valence-corrected chi connectivity index (χ3v) is 3.12. The number of pyridine rings is 1. The van der Waals surface area contributed by atoms with Crippen LogP contribution in [0.1, 0.15) is 11.3 Å². The zero-order valence-electron chi connectivity index (χ0n) is 10.8. The minimum absolute atomic E-state index is 0.0302. The SMILES string of the molecule is C=C/C=C(\C=C)C(=O)N1CCc2nc(N)ccc2C1. The van der Waals surface area contributed by atoms with Crippen LogP contribution in [0.3, 0.4) is 0 Å². The average molecular weight is 255 g/mol. The smallest absolute Gasteiger partial charge is 0.254 e. The predicted octanol–water partition coefficient (Wildman–Crippen LogP) is 1.85. The van der Waals surface area contributed by atoms with Gasteiger partial charge in [0.2, 0.25) is 0 Å². The Morgan fingerprint density at radius 2 is 2.21 bits per heavy atom. The van der Waals surface area contributed by atoms with Gasteiger partial charge in [0.25, 0.3) is 5.91 Å². The van der Waals surface area contributed by atoms with Crippen LogP contribution in [0.2, 0.25) is 0 Å². The van der Waals surface area contributed by atoms with Crippen molar-refractivity contribution >= 4 is 11.7 Å². The number of allylic oxidation sites excluding steroid dienone is 2. The van der Waals surface area contributed by atoms with Crippen molar-refractivity contribution in [1.29, 1.82) is 0 Å². The summed E-state index contributed by atoms with van der Waals surface area (Å²) in [6.45, 7) is 8.46. The number of carbonyl (C=O) groups is 1. The summed E-state index contributed by atoms with van der Waals surface area (Å²) in [6.07, 6.45) is 5.55. The Morgan fingerprint density at radius 3 is 2.89 bits per heavy atom. The van der Waals surface area contributed by atoms with E-state index in [1.807, 2.05) is 6.07 Å². The van der Waals surface area contributed by atoms with Crippen molar-refractivity contribution < 1.29 is 4.79 Å². The molecule has 1 aromatic rings. The summed E-state index contributed by atoms with van der Waals surface area (Å²) in [6, 6.07) is 3.70. The standard InChI is InChI=1S/C15H17N3O/c1-3-5-11(4-2)15(19)18-9-8-13-12(10-18)6-7-14(16)17-13/h3-7H,1-2,8-10H2,(H2,16,17)/b11-5+.